The van der Waals surface area contributed by atoms with Gasteiger partial charge in [-0.15, -0.1) is 0 Å². The number of aromatic nitrogens is 1. The third kappa shape index (κ3) is 2.48. The topological polar surface area (TPSA) is 46.3 Å². The highest BCUT2D eigenvalue weighted by molar-refractivity contribution is 5.95. The Hall–Kier alpha value is -1.84. The molecule has 0 bridgehead atoms. The van der Waals surface area contributed by atoms with Crippen LogP contribution in [0, 0.1) is 6.92 Å². The monoisotopic (exact) mass is 258 g/mol. The minimum absolute atomic E-state index is 0.00227. The van der Waals surface area contributed by atoms with Gasteiger partial charge in [-0.05, 0) is 31.9 Å². The molecule has 0 spiro atoms. The second kappa shape index (κ2) is 5.03. The Balaban J connectivity index is 1.88. The molecule has 19 heavy (non-hydrogen) atoms. The first kappa shape index (κ1) is 12.2. The molecule has 1 saturated heterocycles. The summed E-state index contributed by atoms with van der Waals surface area (Å²) in [6.45, 7) is 3.60. The van der Waals surface area contributed by atoms with Crippen LogP contribution in [0.4, 0.5) is 0 Å². The van der Waals surface area contributed by atoms with Crippen LogP contribution in [-0.2, 0) is 0 Å². The number of amides is 1. The van der Waals surface area contributed by atoms with Crippen LogP contribution in [0.1, 0.15) is 41.9 Å². The Labute approximate surface area is 112 Å². The van der Waals surface area contributed by atoms with Crippen molar-refractivity contribution in [1.82, 2.24) is 9.88 Å². The number of fused-ring (bicyclic) bond motifs is 1. The molecule has 3 heterocycles. The minimum Gasteiger partial charge on any atom is -0.449 e. The number of aryl methyl sites for hydroxylation is 1. The summed E-state index contributed by atoms with van der Waals surface area (Å²) in [5, 5.41) is 0. The zero-order valence-corrected chi connectivity index (χ0v) is 11.2. The summed E-state index contributed by atoms with van der Waals surface area (Å²) in [5.41, 5.74) is 2.38. The highest BCUT2D eigenvalue weighted by Crippen LogP contribution is 2.20. The van der Waals surface area contributed by atoms with E-state index in [-0.39, 0.29) is 5.91 Å². The zero-order chi connectivity index (χ0) is 13.2. The molecule has 0 atom stereocenters. The normalized spacial score (nSPS) is 16.6. The van der Waals surface area contributed by atoms with Crippen LogP contribution in [0.3, 0.4) is 0 Å². The van der Waals surface area contributed by atoms with Gasteiger partial charge in [-0.2, -0.15) is 0 Å². The predicted molar refractivity (Wildman–Crippen MR) is 73.1 cm³/mol. The summed E-state index contributed by atoms with van der Waals surface area (Å²) < 4.78 is 5.63. The lowest BCUT2D eigenvalue weighted by Gasteiger charge is -2.18. The van der Waals surface area contributed by atoms with Crippen LogP contribution < -0.4 is 0 Å². The Bertz CT molecular complexity index is 595. The van der Waals surface area contributed by atoms with Crippen LogP contribution in [-0.4, -0.2) is 28.9 Å². The van der Waals surface area contributed by atoms with E-state index in [1.165, 1.54) is 12.8 Å². The van der Waals surface area contributed by atoms with E-state index in [0.717, 1.165) is 37.1 Å². The van der Waals surface area contributed by atoms with Crippen molar-refractivity contribution in [2.24, 2.45) is 0 Å². The fraction of sp³-hybridized carbons (Fsp3) is 0.467. The van der Waals surface area contributed by atoms with Gasteiger partial charge in [-0.25, -0.2) is 4.98 Å². The maximum atomic E-state index is 12.4. The maximum Gasteiger partial charge on any atom is 0.289 e. The fourth-order valence-electron chi connectivity index (χ4n) is 2.56. The van der Waals surface area contributed by atoms with Gasteiger partial charge in [0.1, 0.15) is 5.52 Å². The number of carbonyl (C=O) groups excluding carboxylic acids is 1. The molecule has 0 saturated carbocycles. The molecule has 100 valence electrons. The number of rotatable bonds is 1. The molecule has 1 fully saturated rings. The molecule has 0 unspecified atom stereocenters. The Morgan fingerprint density at radius 3 is 2.68 bits per heavy atom. The molecule has 0 N–H and O–H groups in total. The first-order valence-corrected chi connectivity index (χ1v) is 6.90. The Kier molecular flexibility index (Phi) is 3.23. The van der Waals surface area contributed by atoms with Crippen molar-refractivity contribution in [2.45, 2.75) is 32.6 Å². The Morgan fingerprint density at radius 2 is 1.95 bits per heavy atom. The average Bonchev–Trinajstić information content (AvgIpc) is 2.64. The van der Waals surface area contributed by atoms with Crippen molar-refractivity contribution in [3.8, 4) is 0 Å². The second-order valence-electron chi connectivity index (χ2n) is 5.15. The number of carbonyl (C=O) groups is 1. The summed E-state index contributed by atoms with van der Waals surface area (Å²) in [4.78, 5) is 18.7. The van der Waals surface area contributed by atoms with Gasteiger partial charge in [0, 0.05) is 24.8 Å². The summed E-state index contributed by atoms with van der Waals surface area (Å²) >= 11 is 0. The smallest absolute Gasteiger partial charge is 0.289 e. The molecule has 0 aromatic carbocycles. The summed E-state index contributed by atoms with van der Waals surface area (Å²) in [7, 11) is 0. The number of pyridine rings is 1. The molecule has 0 aliphatic carbocycles. The third-order valence-electron chi connectivity index (χ3n) is 3.62. The van der Waals surface area contributed by atoms with Gasteiger partial charge >= 0.3 is 0 Å². The third-order valence-corrected chi connectivity index (χ3v) is 3.62. The van der Waals surface area contributed by atoms with E-state index in [0.29, 0.717) is 11.3 Å². The maximum absolute atomic E-state index is 12.4. The van der Waals surface area contributed by atoms with E-state index >= 15 is 0 Å². The van der Waals surface area contributed by atoms with Crippen LogP contribution in [0.15, 0.2) is 22.6 Å². The molecular formula is C15H18N2O2. The molecule has 3 rings (SSSR count). The minimum atomic E-state index is -0.00227. The fourth-order valence-corrected chi connectivity index (χ4v) is 2.56. The molecule has 1 aliphatic rings. The number of hydrogen-bond donors (Lipinski definition) is 0. The number of nitrogens with zero attached hydrogens (tertiary/aromatic N) is 2. The Morgan fingerprint density at radius 1 is 1.21 bits per heavy atom. The first-order chi connectivity index (χ1) is 9.24. The van der Waals surface area contributed by atoms with Gasteiger partial charge in [-0.1, -0.05) is 12.8 Å². The van der Waals surface area contributed by atoms with Crippen LogP contribution in [0.5, 0.6) is 0 Å². The van der Waals surface area contributed by atoms with E-state index in [1.807, 2.05) is 24.0 Å². The molecule has 1 aliphatic heterocycles. The van der Waals surface area contributed by atoms with Gasteiger partial charge < -0.3 is 9.32 Å². The lowest BCUT2D eigenvalue weighted by atomic mass is 10.2. The van der Waals surface area contributed by atoms with Crippen LogP contribution >= 0.6 is 0 Å². The van der Waals surface area contributed by atoms with Crippen LogP contribution in [0.2, 0.25) is 0 Å². The van der Waals surface area contributed by atoms with Gasteiger partial charge in [-0.3, -0.25) is 4.79 Å². The van der Waals surface area contributed by atoms with Gasteiger partial charge in [0.15, 0.2) is 11.3 Å². The number of likely N-dealkylation sites (tertiary alicyclic amines) is 1. The number of furan rings is 1. The van der Waals surface area contributed by atoms with E-state index in [1.54, 1.807) is 6.07 Å². The van der Waals surface area contributed by atoms with Crippen molar-refractivity contribution in [2.75, 3.05) is 13.1 Å². The lowest BCUT2D eigenvalue weighted by Crippen LogP contribution is -2.31. The van der Waals surface area contributed by atoms with Crippen molar-refractivity contribution >= 4 is 17.0 Å². The van der Waals surface area contributed by atoms with E-state index in [9.17, 15) is 4.79 Å². The molecule has 2 aromatic heterocycles. The van der Waals surface area contributed by atoms with Gasteiger partial charge in [0.25, 0.3) is 5.91 Å². The molecule has 2 aromatic rings. The molecule has 0 radical (unpaired) electrons. The largest absolute Gasteiger partial charge is 0.449 e. The molecule has 1 amide bonds. The summed E-state index contributed by atoms with van der Waals surface area (Å²) in [6, 6.07) is 5.53. The molecular weight excluding hydrogens is 240 g/mol. The van der Waals surface area contributed by atoms with Crippen LogP contribution in [0.25, 0.3) is 11.1 Å². The SMILES string of the molecule is Cc1ccc2oc(C(=O)N3CCCCCC3)cc2n1. The van der Waals surface area contributed by atoms with E-state index in [4.69, 9.17) is 4.42 Å². The first-order valence-electron chi connectivity index (χ1n) is 6.90. The zero-order valence-electron chi connectivity index (χ0n) is 11.2. The standard InChI is InChI=1S/C15H18N2O2/c1-11-6-7-13-12(16-11)10-14(19-13)15(18)17-8-4-2-3-5-9-17/h6-7,10H,2-5,8-9H2,1H3. The number of hydrogen-bond acceptors (Lipinski definition) is 3. The highest BCUT2D eigenvalue weighted by atomic mass is 16.3. The van der Waals surface area contributed by atoms with Crippen molar-refractivity contribution < 1.29 is 9.21 Å². The van der Waals surface area contributed by atoms with Crippen molar-refractivity contribution in [3.05, 3.63) is 29.7 Å². The molecule has 4 nitrogen and oxygen atoms in total. The van der Waals surface area contributed by atoms with E-state index < -0.39 is 0 Å². The summed E-state index contributed by atoms with van der Waals surface area (Å²) in [6.07, 6.45) is 4.60. The van der Waals surface area contributed by atoms with Crippen molar-refractivity contribution in [1.29, 1.82) is 0 Å². The molecule has 4 heteroatoms. The average molecular weight is 258 g/mol. The van der Waals surface area contributed by atoms with Crippen molar-refractivity contribution in [3.63, 3.8) is 0 Å². The predicted octanol–water partition coefficient (Wildman–Crippen LogP) is 3.15. The summed E-state index contributed by atoms with van der Waals surface area (Å²) in [5.74, 6) is 0.410. The quantitative estimate of drug-likeness (QED) is 0.789. The van der Waals surface area contributed by atoms with E-state index in [2.05, 4.69) is 4.98 Å². The lowest BCUT2D eigenvalue weighted by molar-refractivity contribution is 0.0732. The van der Waals surface area contributed by atoms with Gasteiger partial charge in [0.2, 0.25) is 0 Å². The highest BCUT2D eigenvalue weighted by Gasteiger charge is 2.21. The van der Waals surface area contributed by atoms with Gasteiger partial charge in [0.05, 0.1) is 0 Å². The second-order valence-corrected chi connectivity index (χ2v) is 5.15.